The number of hydrogen-bond donors (Lipinski definition) is 2. The van der Waals surface area contributed by atoms with Gasteiger partial charge in [-0.1, -0.05) is 13.8 Å². The number of nitrogens with zero attached hydrogens (tertiary/aromatic N) is 2. The van der Waals surface area contributed by atoms with Gasteiger partial charge in [-0.15, -0.1) is 0 Å². The maximum absolute atomic E-state index is 12.3. The molecule has 0 radical (unpaired) electrons. The molecule has 20 heavy (non-hydrogen) atoms. The number of aromatic nitrogens is 2. The molecule has 0 spiro atoms. The van der Waals surface area contributed by atoms with Crippen molar-refractivity contribution >= 4 is 10.0 Å². The average Bonchev–Trinajstić information content (AvgIpc) is 2.90. The summed E-state index contributed by atoms with van der Waals surface area (Å²) in [5.74, 6) is 0.863. The van der Waals surface area contributed by atoms with E-state index in [4.69, 9.17) is 5.73 Å². The minimum absolute atomic E-state index is 0.115. The molecule has 3 N–H and O–H groups in total. The third kappa shape index (κ3) is 3.21. The van der Waals surface area contributed by atoms with Crippen molar-refractivity contribution in [3.8, 4) is 0 Å². The third-order valence-corrected chi connectivity index (χ3v) is 5.46. The molecular weight excluding hydrogens is 276 g/mol. The molecule has 7 heteroatoms. The Kier molecular flexibility index (Phi) is 4.51. The summed E-state index contributed by atoms with van der Waals surface area (Å²) >= 11 is 0. The van der Waals surface area contributed by atoms with Gasteiger partial charge in [0.05, 0.1) is 0 Å². The first-order chi connectivity index (χ1) is 9.40. The van der Waals surface area contributed by atoms with E-state index in [1.54, 1.807) is 6.20 Å². The van der Waals surface area contributed by atoms with Crippen LogP contribution < -0.4 is 10.5 Å². The van der Waals surface area contributed by atoms with E-state index in [1.165, 1.54) is 0 Å². The predicted octanol–water partition coefficient (Wildman–Crippen LogP) is 1.02. The van der Waals surface area contributed by atoms with Crippen LogP contribution in [0.3, 0.4) is 0 Å². The van der Waals surface area contributed by atoms with Gasteiger partial charge < -0.3 is 10.3 Å². The molecule has 114 valence electrons. The Morgan fingerprint density at radius 2 is 2.10 bits per heavy atom. The van der Waals surface area contributed by atoms with Crippen LogP contribution >= 0.6 is 0 Å². The predicted molar refractivity (Wildman–Crippen MR) is 77.9 cm³/mol. The number of hydrogen-bond acceptors (Lipinski definition) is 4. The van der Waals surface area contributed by atoms with Crippen molar-refractivity contribution in [1.82, 2.24) is 14.3 Å². The lowest BCUT2D eigenvalue weighted by molar-refractivity contribution is 0.391. The summed E-state index contributed by atoms with van der Waals surface area (Å²) in [6, 6.07) is 0. The second-order valence-corrected chi connectivity index (χ2v) is 7.25. The molecule has 1 aromatic heterocycles. The molecule has 0 aromatic carbocycles. The van der Waals surface area contributed by atoms with Gasteiger partial charge in [0.25, 0.3) is 10.0 Å². The topological polar surface area (TPSA) is 90.0 Å². The van der Waals surface area contributed by atoms with Crippen molar-refractivity contribution in [3.05, 3.63) is 12.0 Å². The fourth-order valence-electron chi connectivity index (χ4n) is 2.33. The Hall–Kier alpha value is -0.920. The highest BCUT2D eigenvalue weighted by Gasteiger charge is 2.26. The summed E-state index contributed by atoms with van der Waals surface area (Å²) in [7, 11) is -3.57. The number of rotatable bonds is 6. The minimum atomic E-state index is -3.57. The maximum atomic E-state index is 12.3. The summed E-state index contributed by atoms with van der Waals surface area (Å²) in [6.45, 7) is 5.02. The molecule has 0 bridgehead atoms. The highest BCUT2D eigenvalue weighted by Crippen LogP contribution is 2.18. The molecule has 0 amide bonds. The van der Waals surface area contributed by atoms with Gasteiger partial charge in [-0.05, 0) is 25.7 Å². The van der Waals surface area contributed by atoms with Gasteiger partial charge in [-0.2, -0.15) is 0 Å². The van der Waals surface area contributed by atoms with Gasteiger partial charge in [0.2, 0.25) is 0 Å². The van der Waals surface area contributed by atoms with Crippen molar-refractivity contribution in [2.24, 2.45) is 5.73 Å². The molecule has 0 unspecified atom stereocenters. The van der Waals surface area contributed by atoms with Gasteiger partial charge in [0.1, 0.15) is 5.82 Å². The van der Waals surface area contributed by atoms with Crippen LogP contribution in [-0.2, 0) is 23.0 Å². The molecule has 0 saturated heterocycles. The van der Waals surface area contributed by atoms with E-state index < -0.39 is 15.6 Å². The standard InChI is InChI=1S/C13H24N4O2S/c1-3-13(14,4-2)10-15-20(18,19)12-9-17-8-6-5-7-11(17)16-12/h9,15H,3-8,10,14H2,1-2H3. The van der Waals surface area contributed by atoms with Crippen molar-refractivity contribution in [2.45, 2.75) is 63.1 Å². The molecule has 6 nitrogen and oxygen atoms in total. The normalized spacial score (nSPS) is 16.1. The van der Waals surface area contributed by atoms with E-state index >= 15 is 0 Å². The number of aryl methyl sites for hydroxylation is 2. The summed E-state index contributed by atoms with van der Waals surface area (Å²) in [5.41, 5.74) is 5.63. The summed E-state index contributed by atoms with van der Waals surface area (Å²) in [4.78, 5) is 4.25. The quantitative estimate of drug-likeness (QED) is 0.820. The summed E-state index contributed by atoms with van der Waals surface area (Å²) in [6.07, 6.45) is 6.08. The number of imidazole rings is 1. The highest BCUT2D eigenvalue weighted by molar-refractivity contribution is 7.89. The summed E-state index contributed by atoms with van der Waals surface area (Å²) < 4.78 is 29.1. The van der Waals surface area contributed by atoms with Gasteiger partial charge in [-0.25, -0.2) is 18.1 Å². The lowest BCUT2D eigenvalue weighted by Crippen LogP contribution is -2.49. The number of nitrogens with one attached hydrogen (secondary N) is 1. The lowest BCUT2D eigenvalue weighted by atomic mass is 9.95. The first-order valence-electron chi connectivity index (χ1n) is 7.25. The lowest BCUT2D eigenvalue weighted by Gasteiger charge is -2.26. The van der Waals surface area contributed by atoms with Gasteiger partial charge in [0, 0.05) is 31.2 Å². The van der Waals surface area contributed by atoms with Crippen LogP contribution in [0.1, 0.15) is 45.4 Å². The monoisotopic (exact) mass is 300 g/mol. The number of nitrogens with two attached hydrogens (primary N) is 1. The number of sulfonamides is 1. The van der Waals surface area contributed by atoms with Crippen LogP contribution in [0.5, 0.6) is 0 Å². The Morgan fingerprint density at radius 1 is 1.40 bits per heavy atom. The molecule has 1 aromatic rings. The zero-order chi connectivity index (χ0) is 14.8. The van der Waals surface area contributed by atoms with Crippen molar-refractivity contribution in [1.29, 1.82) is 0 Å². The van der Waals surface area contributed by atoms with Crippen LogP contribution in [-0.4, -0.2) is 30.1 Å². The van der Waals surface area contributed by atoms with Crippen LogP contribution in [0.15, 0.2) is 11.2 Å². The maximum Gasteiger partial charge on any atom is 0.259 e. The minimum Gasteiger partial charge on any atom is -0.333 e. The SMILES string of the molecule is CCC(N)(CC)CNS(=O)(=O)c1cn2c(n1)CCCC2. The Labute approximate surface area is 120 Å². The van der Waals surface area contributed by atoms with E-state index in [0.29, 0.717) is 0 Å². The number of fused-ring (bicyclic) bond motifs is 1. The average molecular weight is 300 g/mol. The van der Waals surface area contributed by atoms with Crippen molar-refractivity contribution in [2.75, 3.05) is 6.54 Å². The summed E-state index contributed by atoms with van der Waals surface area (Å²) in [5, 5.41) is 0.115. The molecular formula is C13H24N4O2S. The second-order valence-electron chi connectivity index (χ2n) is 5.54. The molecule has 2 rings (SSSR count). The molecule has 2 heterocycles. The zero-order valence-electron chi connectivity index (χ0n) is 12.2. The smallest absolute Gasteiger partial charge is 0.259 e. The molecule has 0 aliphatic carbocycles. The highest BCUT2D eigenvalue weighted by atomic mass is 32.2. The van der Waals surface area contributed by atoms with Gasteiger partial charge >= 0.3 is 0 Å². The largest absolute Gasteiger partial charge is 0.333 e. The fourth-order valence-corrected chi connectivity index (χ4v) is 3.45. The Bertz CT molecular complexity index is 537. The third-order valence-electron chi connectivity index (χ3n) is 4.18. The molecule has 0 fully saturated rings. The van der Waals surface area contributed by atoms with E-state index in [0.717, 1.165) is 44.5 Å². The van der Waals surface area contributed by atoms with Crippen LogP contribution in [0.4, 0.5) is 0 Å². The fraction of sp³-hybridized carbons (Fsp3) is 0.769. The van der Waals surface area contributed by atoms with E-state index in [2.05, 4.69) is 9.71 Å². The molecule has 0 saturated carbocycles. The van der Waals surface area contributed by atoms with Crippen molar-refractivity contribution in [3.63, 3.8) is 0 Å². The Morgan fingerprint density at radius 3 is 2.70 bits per heavy atom. The second kappa shape index (κ2) is 5.83. The van der Waals surface area contributed by atoms with Crippen LogP contribution in [0, 0.1) is 0 Å². The van der Waals surface area contributed by atoms with Crippen molar-refractivity contribution < 1.29 is 8.42 Å². The molecule has 1 aliphatic rings. The van der Waals surface area contributed by atoms with Crippen LogP contribution in [0.25, 0.3) is 0 Å². The molecule has 1 aliphatic heterocycles. The Balaban J connectivity index is 2.12. The van der Waals surface area contributed by atoms with E-state index in [1.807, 2.05) is 18.4 Å². The van der Waals surface area contributed by atoms with E-state index in [9.17, 15) is 8.42 Å². The first-order valence-corrected chi connectivity index (χ1v) is 8.73. The molecule has 0 atom stereocenters. The van der Waals surface area contributed by atoms with Gasteiger partial charge in [-0.3, -0.25) is 0 Å². The van der Waals surface area contributed by atoms with Gasteiger partial charge in [0.15, 0.2) is 5.03 Å². The van der Waals surface area contributed by atoms with E-state index in [-0.39, 0.29) is 11.6 Å². The first kappa shape index (κ1) is 15.5. The van der Waals surface area contributed by atoms with Crippen LogP contribution in [0.2, 0.25) is 0 Å². The zero-order valence-corrected chi connectivity index (χ0v) is 13.0.